The van der Waals surface area contributed by atoms with Crippen molar-refractivity contribution >= 4 is 19.9 Å². The van der Waals surface area contributed by atoms with Gasteiger partial charge in [0.2, 0.25) is 5.91 Å². The highest BCUT2D eigenvalue weighted by atomic mass is 28.4. The number of hydrogen-bond acceptors (Lipinski definition) is 4. The molecule has 172 valence electrons. The Bertz CT molecular complexity index is 851. The molecule has 6 heteroatoms. The van der Waals surface area contributed by atoms with Gasteiger partial charge >= 0.3 is 0 Å². The molecule has 1 aromatic carbocycles. The number of carbonyl (C=O) groups excluding carboxylic acids is 1. The predicted octanol–water partition coefficient (Wildman–Crippen LogP) is 5.38. The van der Waals surface area contributed by atoms with Crippen LogP contribution in [0.4, 0.5) is 0 Å². The predicted molar refractivity (Wildman–Crippen MR) is 131 cm³/mol. The van der Waals surface area contributed by atoms with E-state index in [1.165, 1.54) is 11.1 Å². The molecule has 2 N–H and O–H groups in total. The Morgan fingerprint density at radius 1 is 1.23 bits per heavy atom. The zero-order valence-electron chi connectivity index (χ0n) is 20.7. The lowest BCUT2D eigenvalue weighted by Gasteiger charge is -2.29. The van der Waals surface area contributed by atoms with Crippen LogP contribution in [0.25, 0.3) is 5.70 Å². The monoisotopic (exact) mass is 444 g/mol. The van der Waals surface area contributed by atoms with Gasteiger partial charge in [-0.05, 0) is 60.5 Å². The topological polar surface area (TPSA) is 59.6 Å². The summed E-state index contributed by atoms with van der Waals surface area (Å²) < 4.78 is 12.1. The van der Waals surface area contributed by atoms with Crippen LogP contribution in [0.1, 0.15) is 58.2 Å². The minimum Gasteiger partial charge on any atom is -0.496 e. The summed E-state index contributed by atoms with van der Waals surface area (Å²) in [5, 5.41) is 6.48. The molecule has 2 rings (SSSR count). The lowest BCUT2D eigenvalue weighted by atomic mass is 9.95. The largest absolute Gasteiger partial charge is 0.496 e. The number of amides is 1. The van der Waals surface area contributed by atoms with Crippen LogP contribution in [0.3, 0.4) is 0 Å². The average Bonchev–Trinajstić information content (AvgIpc) is 2.70. The molecule has 5 nitrogen and oxygen atoms in total. The van der Waals surface area contributed by atoms with E-state index in [1.54, 1.807) is 7.11 Å². The Hall–Kier alpha value is -2.05. The summed E-state index contributed by atoms with van der Waals surface area (Å²) in [7, 11) is -0.0324. The van der Waals surface area contributed by atoms with E-state index in [1.807, 2.05) is 39.0 Å². The molecule has 0 bridgehead atoms. The number of ether oxygens (including phenoxy) is 1. The van der Waals surface area contributed by atoms with Crippen LogP contribution in [-0.4, -0.2) is 27.5 Å². The third-order valence-electron chi connectivity index (χ3n) is 6.03. The Morgan fingerprint density at radius 3 is 2.45 bits per heavy atom. The third kappa shape index (κ3) is 6.47. The molecule has 31 heavy (non-hydrogen) atoms. The first-order chi connectivity index (χ1) is 14.4. The van der Waals surface area contributed by atoms with Crippen LogP contribution in [-0.2, 0) is 22.2 Å². The molecule has 1 unspecified atom stereocenters. The molecule has 0 aromatic heterocycles. The standard InChI is InChI=1S/C25H40N2O3Si/c1-10-18-14-20(21-12-11-13-23(26-21)27-24(28)25(4,5)6)22(29-7)15-19(18)16-30-31(8,9)17(2)3/h11-15,17,23,26H,10,16H2,1-9H3,(H,27,28). The van der Waals surface area contributed by atoms with Crippen LogP contribution < -0.4 is 15.4 Å². The van der Waals surface area contributed by atoms with E-state index >= 15 is 0 Å². The maximum atomic E-state index is 12.4. The zero-order valence-corrected chi connectivity index (χ0v) is 21.7. The lowest BCUT2D eigenvalue weighted by Crippen LogP contribution is -2.48. The van der Waals surface area contributed by atoms with Crippen molar-refractivity contribution in [1.82, 2.24) is 10.6 Å². The fourth-order valence-corrected chi connectivity index (χ4v) is 3.94. The zero-order chi connectivity index (χ0) is 23.4. The number of allylic oxidation sites excluding steroid dienone is 2. The van der Waals surface area contributed by atoms with Crippen molar-refractivity contribution in [1.29, 1.82) is 0 Å². The Kier molecular flexibility index (Phi) is 8.17. The number of carbonyl (C=O) groups is 1. The number of nitrogens with one attached hydrogen (secondary N) is 2. The summed E-state index contributed by atoms with van der Waals surface area (Å²) in [6.07, 6.45) is 6.58. The smallest absolute Gasteiger partial charge is 0.227 e. The normalized spacial score (nSPS) is 16.7. The van der Waals surface area contributed by atoms with Crippen molar-refractivity contribution in [2.24, 2.45) is 5.41 Å². The highest BCUT2D eigenvalue weighted by Crippen LogP contribution is 2.32. The summed E-state index contributed by atoms with van der Waals surface area (Å²) in [5.41, 5.74) is 4.45. The molecular formula is C25H40N2O3Si. The highest BCUT2D eigenvalue weighted by Gasteiger charge is 2.28. The molecule has 0 spiro atoms. The molecule has 0 saturated heterocycles. The number of rotatable bonds is 8. The van der Waals surface area contributed by atoms with Crippen molar-refractivity contribution in [3.05, 3.63) is 47.1 Å². The van der Waals surface area contributed by atoms with Crippen molar-refractivity contribution in [3.8, 4) is 5.75 Å². The summed E-state index contributed by atoms with van der Waals surface area (Å²) in [4.78, 5) is 12.4. The Balaban J connectivity index is 2.28. The van der Waals surface area contributed by atoms with E-state index in [4.69, 9.17) is 9.16 Å². The molecule has 1 amide bonds. The maximum Gasteiger partial charge on any atom is 0.227 e. The van der Waals surface area contributed by atoms with Gasteiger partial charge in [-0.1, -0.05) is 47.6 Å². The SMILES string of the molecule is CCc1cc(C2=CC=CC(NC(=O)C(C)(C)C)N2)c(OC)cc1CO[Si](C)(C)C(C)C. The first-order valence-corrected chi connectivity index (χ1v) is 14.2. The summed E-state index contributed by atoms with van der Waals surface area (Å²) in [6.45, 7) is 17.5. The van der Waals surface area contributed by atoms with E-state index in [0.717, 1.165) is 23.4 Å². The highest BCUT2D eigenvalue weighted by molar-refractivity contribution is 6.72. The van der Waals surface area contributed by atoms with Crippen LogP contribution in [0.2, 0.25) is 18.6 Å². The fraction of sp³-hybridized carbons (Fsp3) is 0.560. The fourth-order valence-electron chi connectivity index (χ4n) is 3.08. The molecule has 1 heterocycles. The van der Waals surface area contributed by atoms with Crippen LogP contribution in [0.5, 0.6) is 5.75 Å². The van der Waals surface area contributed by atoms with Crippen LogP contribution >= 0.6 is 0 Å². The van der Waals surface area contributed by atoms with Gasteiger partial charge in [-0.3, -0.25) is 4.79 Å². The van der Waals surface area contributed by atoms with E-state index in [-0.39, 0.29) is 12.1 Å². The molecular weight excluding hydrogens is 404 g/mol. The summed E-state index contributed by atoms with van der Waals surface area (Å²) in [5.74, 6) is 0.802. The van der Waals surface area contributed by atoms with Gasteiger partial charge in [0.1, 0.15) is 11.9 Å². The Morgan fingerprint density at radius 2 is 1.90 bits per heavy atom. The quantitative estimate of drug-likeness (QED) is 0.529. The van der Waals surface area contributed by atoms with Gasteiger partial charge in [0.05, 0.1) is 13.7 Å². The van der Waals surface area contributed by atoms with E-state index in [2.05, 4.69) is 56.6 Å². The van der Waals surface area contributed by atoms with Crippen LogP contribution in [0.15, 0.2) is 30.4 Å². The molecule has 0 saturated carbocycles. The van der Waals surface area contributed by atoms with E-state index < -0.39 is 13.7 Å². The summed E-state index contributed by atoms with van der Waals surface area (Å²) >= 11 is 0. The second kappa shape index (κ2) is 10.0. The van der Waals surface area contributed by atoms with Gasteiger partial charge in [-0.25, -0.2) is 0 Å². The second-order valence-corrected chi connectivity index (χ2v) is 14.7. The molecule has 1 aliphatic rings. The van der Waals surface area contributed by atoms with Gasteiger partial charge in [-0.2, -0.15) is 0 Å². The van der Waals surface area contributed by atoms with Crippen molar-refractivity contribution in [2.45, 2.75) is 79.4 Å². The van der Waals surface area contributed by atoms with Gasteiger partial charge in [0.15, 0.2) is 8.32 Å². The number of methoxy groups -OCH3 is 1. The van der Waals surface area contributed by atoms with Gasteiger partial charge < -0.3 is 19.8 Å². The van der Waals surface area contributed by atoms with Crippen LogP contribution in [0, 0.1) is 5.41 Å². The van der Waals surface area contributed by atoms with Gasteiger partial charge in [0.25, 0.3) is 0 Å². The van der Waals surface area contributed by atoms with Crippen molar-refractivity contribution in [3.63, 3.8) is 0 Å². The van der Waals surface area contributed by atoms with Gasteiger partial charge in [0, 0.05) is 16.7 Å². The maximum absolute atomic E-state index is 12.4. The molecule has 0 fully saturated rings. The van der Waals surface area contributed by atoms with Gasteiger partial charge in [-0.15, -0.1) is 0 Å². The number of benzene rings is 1. The minimum absolute atomic E-state index is 0.00143. The van der Waals surface area contributed by atoms with E-state index in [0.29, 0.717) is 12.1 Å². The second-order valence-electron chi connectivity index (χ2n) is 10.0. The molecule has 1 atom stereocenters. The molecule has 0 aliphatic carbocycles. The van der Waals surface area contributed by atoms with Crippen molar-refractivity contribution in [2.75, 3.05) is 7.11 Å². The number of dihydropyridines is 1. The molecule has 1 aliphatic heterocycles. The third-order valence-corrected chi connectivity index (χ3v) is 9.70. The Labute approximate surface area is 189 Å². The average molecular weight is 445 g/mol. The minimum atomic E-state index is -1.73. The first-order valence-electron chi connectivity index (χ1n) is 11.2. The molecule has 0 radical (unpaired) electrons. The number of hydrogen-bond donors (Lipinski definition) is 2. The molecule has 1 aromatic rings. The van der Waals surface area contributed by atoms with Crippen molar-refractivity contribution < 1.29 is 14.0 Å². The number of aryl methyl sites for hydroxylation is 1. The lowest BCUT2D eigenvalue weighted by molar-refractivity contribution is -0.129. The summed E-state index contributed by atoms with van der Waals surface area (Å²) in [6, 6.07) is 4.28. The first kappa shape index (κ1) is 25.2. The van der Waals surface area contributed by atoms with E-state index in [9.17, 15) is 4.79 Å².